The number of hydrogen-bond acceptors (Lipinski definition) is 4. The molecule has 0 bridgehead atoms. The van der Waals surface area contributed by atoms with Crippen molar-refractivity contribution in [3.05, 3.63) is 23.8 Å². The lowest BCUT2D eigenvalue weighted by Crippen LogP contribution is -1.91. The molecule has 0 atom stereocenters. The zero-order chi connectivity index (χ0) is 10.1. The first-order chi connectivity index (χ1) is 6.76. The Kier molecular flexibility index (Phi) is 2.31. The number of thiophene rings is 1. The van der Waals surface area contributed by atoms with Crippen molar-refractivity contribution in [2.45, 2.75) is 6.61 Å². The average molecular weight is 209 g/mol. The monoisotopic (exact) mass is 209 g/mol. The molecule has 1 aromatic carbocycles. The molecule has 2 aromatic rings. The highest BCUT2D eigenvalue weighted by Crippen LogP contribution is 2.35. The van der Waals surface area contributed by atoms with E-state index in [4.69, 9.17) is 10.5 Å². The number of ether oxygens (including phenoxy) is 1. The zero-order valence-corrected chi connectivity index (χ0v) is 8.60. The van der Waals surface area contributed by atoms with E-state index in [2.05, 4.69) is 0 Å². The lowest BCUT2D eigenvalue weighted by atomic mass is 10.1. The van der Waals surface area contributed by atoms with Crippen LogP contribution in [-0.2, 0) is 6.61 Å². The molecular formula is C10H11NO2S. The van der Waals surface area contributed by atoms with Gasteiger partial charge in [-0.3, -0.25) is 0 Å². The molecule has 2 rings (SSSR count). The smallest absolute Gasteiger partial charge is 0.125 e. The molecule has 1 heterocycles. The largest absolute Gasteiger partial charge is 0.496 e. The maximum absolute atomic E-state index is 9.24. The highest BCUT2D eigenvalue weighted by atomic mass is 32.1. The number of aliphatic hydroxyl groups excluding tert-OH is 1. The maximum Gasteiger partial charge on any atom is 0.125 e. The summed E-state index contributed by atoms with van der Waals surface area (Å²) >= 11 is 1.47. The van der Waals surface area contributed by atoms with Crippen LogP contribution >= 0.6 is 11.3 Å². The molecule has 4 heteroatoms. The van der Waals surface area contributed by atoms with Crippen LogP contribution in [0.3, 0.4) is 0 Å². The SMILES string of the molecule is COc1ccc2cc(N)sc2c1CO. The van der Waals surface area contributed by atoms with Crippen molar-refractivity contribution >= 4 is 26.4 Å². The van der Waals surface area contributed by atoms with Crippen LogP contribution in [0.4, 0.5) is 5.00 Å². The van der Waals surface area contributed by atoms with Crippen molar-refractivity contribution in [2.24, 2.45) is 0 Å². The van der Waals surface area contributed by atoms with E-state index in [1.165, 1.54) is 11.3 Å². The molecule has 74 valence electrons. The topological polar surface area (TPSA) is 55.5 Å². The summed E-state index contributed by atoms with van der Waals surface area (Å²) in [6, 6.07) is 5.69. The van der Waals surface area contributed by atoms with Crippen molar-refractivity contribution in [3.63, 3.8) is 0 Å². The van der Waals surface area contributed by atoms with Crippen LogP contribution in [0.15, 0.2) is 18.2 Å². The van der Waals surface area contributed by atoms with Gasteiger partial charge in [-0.05, 0) is 23.6 Å². The van der Waals surface area contributed by atoms with Gasteiger partial charge >= 0.3 is 0 Å². The Morgan fingerprint density at radius 1 is 1.50 bits per heavy atom. The number of rotatable bonds is 2. The molecule has 0 unspecified atom stereocenters. The van der Waals surface area contributed by atoms with Crippen LogP contribution < -0.4 is 10.5 Å². The average Bonchev–Trinajstić information content (AvgIpc) is 2.56. The second-order valence-electron chi connectivity index (χ2n) is 2.97. The number of fused-ring (bicyclic) bond motifs is 1. The molecule has 0 aliphatic carbocycles. The van der Waals surface area contributed by atoms with E-state index in [0.717, 1.165) is 20.7 Å². The maximum atomic E-state index is 9.24. The second-order valence-corrected chi connectivity index (χ2v) is 4.06. The van der Waals surface area contributed by atoms with Crippen molar-refractivity contribution in [1.29, 1.82) is 0 Å². The second kappa shape index (κ2) is 3.48. The van der Waals surface area contributed by atoms with Crippen molar-refractivity contribution in [3.8, 4) is 5.75 Å². The molecule has 0 aliphatic heterocycles. The highest BCUT2D eigenvalue weighted by molar-refractivity contribution is 7.22. The molecule has 0 amide bonds. The van der Waals surface area contributed by atoms with E-state index in [0.29, 0.717) is 5.75 Å². The normalized spacial score (nSPS) is 10.7. The van der Waals surface area contributed by atoms with E-state index >= 15 is 0 Å². The molecular weight excluding hydrogens is 198 g/mol. The van der Waals surface area contributed by atoms with E-state index in [-0.39, 0.29) is 6.61 Å². The number of anilines is 1. The van der Waals surface area contributed by atoms with E-state index in [9.17, 15) is 5.11 Å². The summed E-state index contributed by atoms with van der Waals surface area (Å²) in [5.41, 5.74) is 6.51. The number of benzene rings is 1. The summed E-state index contributed by atoms with van der Waals surface area (Å²) in [7, 11) is 1.59. The molecule has 0 radical (unpaired) electrons. The summed E-state index contributed by atoms with van der Waals surface area (Å²) in [6.07, 6.45) is 0. The van der Waals surface area contributed by atoms with Gasteiger partial charge in [0.15, 0.2) is 0 Å². The highest BCUT2D eigenvalue weighted by Gasteiger charge is 2.09. The predicted octanol–water partition coefficient (Wildman–Crippen LogP) is 1.98. The molecule has 0 spiro atoms. The third kappa shape index (κ3) is 1.32. The number of nitrogens with two attached hydrogens (primary N) is 1. The Hall–Kier alpha value is -1.26. The first-order valence-corrected chi connectivity index (χ1v) is 5.03. The molecule has 0 saturated carbocycles. The minimum atomic E-state index is -0.0273. The Morgan fingerprint density at radius 2 is 2.29 bits per heavy atom. The van der Waals surface area contributed by atoms with Crippen LogP contribution in [0, 0.1) is 0 Å². The minimum Gasteiger partial charge on any atom is -0.496 e. The predicted molar refractivity (Wildman–Crippen MR) is 58.7 cm³/mol. The molecule has 3 N–H and O–H groups in total. The number of hydrogen-bond donors (Lipinski definition) is 2. The fraction of sp³-hybridized carbons (Fsp3) is 0.200. The lowest BCUT2D eigenvalue weighted by Gasteiger charge is -2.06. The Labute approximate surface area is 85.7 Å². The number of aliphatic hydroxyl groups is 1. The van der Waals surface area contributed by atoms with Crippen LogP contribution in [0.2, 0.25) is 0 Å². The van der Waals surface area contributed by atoms with Gasteiger partial charge in [-0.1, -0.05) is 0 Å². The number of methoxy groups -OCH3 is 1. The summed E-state index contributed by atoms with van der Waals surface area (Å²) in [5.74, 6) is 0.710. The van der Waals surface area contributed by atoms with Gasteiger partial charge in [-0.15, -0.1) is 11.3 Å². The van der Waals surface area contributed by atoms with Gasteiger partial charge in [0, 0.05) is 10.3 Å². The van der Waals surface area contributed by atoms with Gasteiger partial charge in [0.05, 0.1) is 18.7 Å². The zero-order valence-electron chi connectivity index (χ0n) is 7.78. The first-order valence-electron chi connectivity index (χ1n) is 4.22. The summed E-state index contributed by atoms with van der Waals surface area (Å²) in [4.78, 5) is 0. The van der Waals surface area contributed by atoms with Gasteiger partial charge in [-0.2, -0.15) is 0 Å². The summed E-state index contributed by atoms with van der Waals surface area (Å²) in [6.45, 7) is -0.0273. The van der Waals surface area contributed by atoms with Gasteiger partial charge < -0.3 is 15.6 Å². The van der Waals surface area contributed by atoms with Gasteiger partial charge in [0.25, 0.3) is 0 Å². The minimum absolute atomic E-state index is 0.0273. The molecule has 0 saturated heterocycles. The van der Waals surface area contributed by atoms with Crippen molar-refractivity contribution < 1.29 is 9.84 Å². The number of nitrogen functional groups attached to an aromatic ring is 1. The Balaban J connectivity index is 2.75. The molecule has 0 aliphatic rings. The van der Waals surface area contributed by atoms with Crippen LogP contribution in [0.25, 0.3) is 10.1 Å². The van der Waals surface area contributed by atoms with Gasteiger partial charge in [0.2, 0.25) is 0 Å². The van der Waals surface area contributed by atoms with Crippen LogP contribution in [0.1, 0.15) is 5.56 Å². The van der Waals surface area contributed by atoms with E-state index in [1.54, 1.807) is 7.11 Å². The Bertz CT molecular complexity index is 464. The third-order valence-electron chi connectivity index (χ3n) is 2.14. The summed E-state index contributed by atoms with van der Waals surface area (Å²) < 4.78 is 6.16. The Morgan fingerprint density at radius 3 is 2.93 bits per heavy atom. The molecule has 0 fully saturated rings. The van der Waals surface area contributed by atoms with E-state index in [1.807, 2.05) is 18.2 Å². The van der Waals surface area contributed by atoms with Crippen molar-refractivity contribution in [2.75, 3.05) is 12.8 Å². The lowest BCUT2D eigenvalue weighted by molar-refractivity contribution is 0.276. The van der Waals surface area contributed by atoms with Gasteiger partial charge in [-0.25, -0.2) is 0 Å². The van der Waals surface area contributed by atoms with Gasteiger partial charge in [0.1, 0.15) is 5.75 Å². The fourth-order valence-corrected chi connectivity index (χ4v) is 2.46. The molecule has 1 aromatic heterocycles. The summed E-state index contributed by atoms with van der Waals surface area (Å²) in [5, 5.41) is 11.0. The quantitative estimate of drug-likeness (QED) is 0.795. The molecule has 14 heavy (non-hydrogen) atoms. The van der Waals surface area contributed by atoms with Crippen LogP contribution in [-0.4, -0.2) is 12.2 Å². The first kappa shape index (κ1) is 9.30. The molecule has 3 nitrogen and oxygen atoms in total. The third-order valence-corrected chi connectivity index (χ3v) is 3.18. The van der Waals surface area contributed by atoms with Crippen LogP contribution in [0.5, 0.6) is 5.75 Å². The fourth-order valence-electron chi connectivity index (χ4n) is 1.50. The van der Waals surface area contributed by atoms with E-state index < -0.39 is 0 Å². The van der Waals surface area contributed by atoms with Crippen molar-refractivity contribution in [1.82, 2.24) is 0 Å². The standard InChI is InChI=1S/C10H11NO2S/c1-13-8-3-2-6-4-9(11)14-10(6)7(8)5-12/h2-4,12H,5,11H2,1H3.